The number of nitrogens with zero attached hydrogens (tertiary/aromatic N) is 4. The summed E-state index contributed by atoms with van der Waals surface area (Å²) in [6.45, 7) is 11.4. The Labute approximate surface area is 201 Å². The normalized spacial score (nSPS) is 15.2. The molecule has 0 bridgehead atoms. The molecule has 1 aliphatic heterocycles. The quantitative estimate of drug-likeness (QED) is 0.301. The minimum atomic E-state index is 0. The summed E-state index contributed by atoms with van der Waals surface area (Å²) in [5.41, 5.74) is 3.41. The van der Waals surface area contributed by atoms with E-state index < -0.39 is 0 Å². The van der Waals surface area contributed by atoms with Gasteiger partial charge in [0, 0.05) is 44.0 Å². The van der Waals surface area contributed by atoms with Gasteiger partial charge in [-0.15, -0.1) is 35.3 Å². The van der Waals surface area contributed by atoms with Crippen molar-refractivity contribution < 1.29 is 4.74 Å². The maximum absolute atomic E-state index is 5.18. The third kappa shape index (κ3) is 6.58. The maximum atomic E-state index is 5.18. The highest BCUT2D eigenvalue weighted by Gasteiger charge is 2.21. The Morgan fingerprint density at radius 2 is 2.10 bits per heavy atom. The van der Waals surface area contributed by atoms with Gasteiger partial charge in [-0.1, -0.05) is 0 Å². The second-order valence-electron chi connectivity index (χ2n) is 7.42. The molecular formula is C21H35IN6OS. The zero-order valence-corrected chi connectivity index (χ0v) is 21.6. The van der Waals surface area contributed by atoms with E-state index in [2.05, 4.69) is 58.9 Å². The molecule has 9 heteroatoms. The van der Waals surface area contributed by atoms with E-state index in [-0.39, 0.29) is 24.0 Å². The van der Waals surface area contributed by atoms with Crippen molar-refractivity contribution in [2.24, 2.45) is 4.99 Å². The summed E-state index contributed by atoms with van der Waals surface area (Å²) in [7, 11) is 1.72. The Hall–Kier alpha value is -1.33. The number of piperidine rings is 1. The molecule has 0 saturated carbocycles. The molecule has 168 valence electrons. The number of anilines is 1. The van der Waals surface area contributed by atoms with Crippen molar-refractivity contribution in [2.45, 2.75) is 52.7 Å². The van der Waals surface area contributed by atoms with Crippen LogP contribution in [0.2, 0.25) is 0 Å². The molecule has 0 aliphatic carbocycles. The van der Waals surface area contributed by atoms with Crippen LogP contribution < -0.4 is 15.5 Å². The lowest BCUT2D eigenvalue weighted by atomic mass is 10.1. The van der Waals surface area contributed by atoms with E-state index in [0.29, 0.717) is 19.2 Å². The lowest BCUT2D eigenvalue weighted by molar-refractivity contribution is 0.182. The molecule has 1 aliphatic rings. The highest BCUT2D eigenvalue weighted by atomic mass is 127. The third-order valence-corrected chi connectivity index (χ3v) is 6.36. The van der Waals surface area contributed by atoms with E-state index in [0.717, 1.165) is 50.7 Å². The van der Waals surface area contributed by atoms with E-state index in [1.807, 2.05) is 16.0 Å². The number of hydrogen-bond acceptors (Lipinski definition) is 5. The fourth-order valence-electron chi connectivity index (χ4n) is 3.72. The minimum Gasteiger partial charge on any atom is -0.383 e. The lowest BCUT2D eigenvalue weighted by Crippen LogP contribution is -2.48. The summed E-state index contributed by atoms with van der Waals surface area (Å²) in [6, 6.07) is 4.79. The Morgan fingerprint density at radius 1 is 1.33 bits per heavy atom. The Bertz CT molecular complexity index is 784. The van der Waals surface area contributed by atoms with Crippen molar-refractivity contribution in [3.63, 3.8) is 0 Å². The summed E-state index contributed by atoms with van der Waals surface area (Å²) in [4.78, 5) is 7.34. The number of hydrogen-bond donors (Lipinski definition) is 2. The molecule has 0 unspecified atom stereocenters. The molecule has 7 nitrogen and oxygen atoms in total. The largest absolute Gasteiger partial charge is 0.383 e. The van der Waals surface area contributed by atoms with Gasteiger partial charge in [-0.25, -0.2) is 4.99 Å². The monoisotopic (exact) mass is 546 g/mol. The van der Waals surface area contributed by atoms with Crippen molar-refractivity contribution >= 4 is 46.3 Å². The predicted molar refractivity (Wildman–Crippen MR) is 136 cm³/mol. The average Bonchev–Trinajstić information content (AvgIpc) is 3.34. The van der Waals surface area contributed by atoms with Crippen LogP contribution in [0, 0.1) is 13.8 Å². The second-order valence-corrected chi connectivity index (χ2v) is 8.34. The second kappa shape index (κ2) is 12.5. The van der Waals surface area contributed by atoms with E-state index >= 15 is 0 Å². The molecular weight excluding hydrogens is 511 g/mol. The number of guanidine groups is 1. The molecule has 3 heterocycles. The van der Waals surface area contributed by atoms with E-state index in [1.165, 1.54) is 16.3 Å². The van der Waals surface area contributed by atoms with Gasteiger partial charge in [0.2, 0.25) is 0 Å². The molecule has 0 atom stereocenters. The summed E-state index contributed by atoms with van der Waals surface area (Å²) in [6.07, 6.45) is 2.24. The first-order chi connectivity index (χ1) is 14.1. The van der Waals surface area contributed by atoms with Crippen LogP contribution in [0.15, 0.2) is 22.5 Å². The number of thiophene rings is 1. The number of aliphatic imine (C=N–C) groups is 1. The van der Waals surface area contributed by atoms with Crippen LogP contribution >= 0.6 is 35.3 Å². The zero-order valence-electron chi connectivity index (χ0n) is 18.5. The first kappa shape index (κ1) is 24.9. The van der Waals surface area contributed by atoms with Crippen LogP contribution in [0.3, 0.4) is 0 Å². The Morgan fingerprint density at radius 3 is 2.73 bits per heavy atom. The molecule has 1 saturated heterocycles. The highest BCUT2D eigenvalue weighted by molar-refractivity contribution is 14.0. The van der Waals surface area contributed by atoms with Gasteiger partial charge in [-0.2, -0.15) is 5.10 Å². The van der Waals surface area contributed by atoms with E-state index in [1.54, 1.807) is 7.11 Å². The molecule has 1 fully saturated rings. The minimum absolute atomic E-state index is 0. The average molecular weight is 547 g/mol. The highest BCUT2D eigenvalue weighted by Crippen LogP contribution is 2.24. The maximum Gasteiger partial charge on any atom is 0.191 e. The van der Waals surface area contributed by atoms with Gasteiger partial charge in [0.05, 0.1) is 30.4 Å². The van der Waals surface area contributed by atoms with Gasteiger partial charge in [0.25, 0.3) is 0 Å². The molecule has 2 aromatic rings. The number of ether oxygens (including phenoxy) is 1. The smallest absolute Gasteiger partial charge is 0.191 e. The number of halogens is 1. The topological polar surface area (TPSA) is 66.7 Å². The van der Waals surface area contributed by atoms with Crippen LogP contribution in [0.4, 0.5) is 5.00 Å². The number of aromatic nitrogens is 2. The number of rotatable bonds is 8. The van der Waals surface area contributed by atoms with E-state index in [9.17, 15) is 0 Å². The number of nitrogens with one attached hydrogen (secondary N) is 2. The molecule has 0 aromatic carbocycles. The first-order valence-electron chi connectivity index (χ1n) is 10.5. The molecule has 2 N–H and O–H groups in total. The summed E-state index contributed by atoms with van der Waals surface area (Å²) in [5.74, 6) is 0.894. The summed E-state index contributed by atoms with van der Waals surface area (Å²) >= 11 is 1.82. The Balaban J connectivity index is 0.00000320. The van der Waals surface area contributed by atoms with Gasteiger partial charge in [0.1, 0.15) is 0 Å². The van der Waals surface area contributed by atoms with Crippen LogP contribution in [-0.2, 0) is 17.8 Å². The van der Waals surface area contributed by atoms with Crippen molar-refractivity contribution in [3.05, 3.63) is 34.5 Å². The fourth-order valence-corrected chi connectivity index (χ4v) is 4.51. The third-order valence-electron chi connectivity index (χ3n) is 5.43. The van der Waals surface area contributed by atoms with Gasteiger partial charge in [0.15, 0.2) is 5.96 Å². The molecule has 2 aromatic heterocycles. The number of aryl methyl sites for hydroxylation is 1. The van der Waals surface area contributed by atoms with Crippen molar-refractivity contribution in [1.82, 2.24) is 20.4 Å². The molecule has 3 rings (SSSR count). The fraction of sp³-hybridized carbons (Fsp3) is 0.619. The van der Waals surface area contributed by atoms with Crippen LogP contribution in [-0.4, -0.2) is 55.1 Å². The summed E-state index contributed by atoms with van der Waals surface area (Å²) < 4.78 is 7.20. The van der Waals surface area contributed by atoms with Crippen molar-refractivity contribution in [3.8, 4) is 0 Å². The first-order valence-corrected chi connectivity index (χ1v) is 11.4. The van der Waals surface area contributed by atoms with Gasteiger partial charge in [-0.05, 0) is 51.1 Å². The molecule has 0 spiro atoms. The van der Waals surface area contributed by atoms with Crippen molar-refractivity contribution in [2.75, 3.05) is 38.3 Å². The van der Waals surface area contributed by atoms with Gasteiger partial charge < -0.3 is 20.3 Å². The Kier molecular flexibility index (Phi) is 10.4. The number of methoxy groups -OCH3 is 1. The predicted octanol–water partition coefficient (Wildman–Crippen LogP) is 3.55. The van der Waals surface area contributed by atoms with Crippen LogP contribution in [0.25, 0.3) is 0 Å². The van der Waals surface area contributed by atoms with Crippen LogP contribution in [0.1, 0.15) is 36.7 Å². The van der Waals surface area contributed by atoms with Crippen molar-refractivity contribution in [1.29, 1.82) is 0 Å². The summed E-state index contributed by atoms with van der Waals surface area (Å²) in [5, 5.41) is 15.2. The lowest BCUT2D eigenvalue weighted by Gasteiger charge is -2.33. The molecule has 0 radical (unpaired) electrons. The van der Waals surface area contributed by atoms with Gasteiger partial charge in [-0.3, -0.25) is 4.68 Å². The SMILES string of the molecule is CCNC(=NCc1c(C)nn(CCOC)c1C)NC1CCN(c2cccs2)CC1.I. The van der Waals surface area contributed by atoms with Gasteiger partial charge >= 0.3 is 0 Å². The molecule has 0 amide bonds. The van der Waals surface area contributed by atoms with Crippen LogP contribution in [0.5, 0.6) is 0 Å². The zero-order chi connectivity index (χ0) is 20.6. The molecule has 30 heavy (non-hydrogen) atoms. The standard InChI is InChI=1S/C21H34N6OS.HI/c1-5-22-21(23-15-19-16(2)25-27(17(19)3)12-13-28-4)24-18-8-10-26(11-9-18)20-7-6-14-29-20;/h6-7,14,18H,5,8-13,15H2,1-4H3,(H2,22,23,24);1H. The van der Waals surface area contributed by atoms with E-state index in [4.69, 9.17) is 9.73 Å².